The van der Waals surface area contributed by atoms with Gasteiger partial charge in [0, 0.05) is 18.7 Å². The van der Waals surface area contributed by atoms with E-state index in [2.05, 4.69) is 0 Å². The maximum atomic E-state index is 12.6. The Balaban J connectivity index is 2.42. The highest BCUT2D eigenvalue weighted by Gasteiger charge is 2.27. The average Bonchev–Trinajstić information content (AvgIpc) is 2.68. The summed E-state index contributed by atoms with van der Waals surface area (Å²) in [7, 11) is -3.68. The van der Waals surface area contributed by atoms with E-state index in [1.54, 1.807) is 0 Å². The van der Waals surface area contributed by atoms with E-state index in [0.29, 0.717) is 13.1 Å². The zero-order valence-corrected chi connectivity index (χ0v) is 12.6. The van der Waals surface area contributed by atoms with E-state index in [4.69, 9.17) is 17.3 Å². The number of nitrogens with two attached hydrogens (primary N) is 1. The second-order valence-corrected chi connectivity index (χ2v) is 7.14. The summed E-state index contributed by atoms with van der Waals surface area (Å²) in [4.78, 5) is 11.1. The molecule has 5 nitrogen and oxygen atoms in total. The molecule has 0 unspecified atom stereocenters. The number of carbonyl (C=O) groups excluding carboxylic acids is 1. The van der Waals surface area contributed by atoms with Crippen molar-refractivity contribution >= 4 is 27.5 Å². The summed E-state index contributed by atoms with van der Waals surface area (Å²) in [6.07, 6.45) is 3.74. The molecule has 0 atom stereocenters. The van der Waals surface area contributed by atoms with E-state index in [1.165, 1.54) is 22.5 Å². The fraction of sp³-hybridized carbons (Fsp3) is 0.462. The van der Waals surface area contributed by atoms with E-state index in [1.807, 2.05) is 0 Å². The number of nitrogens with zero attached hydrogens (tertiary/aromatic N) is 1. The van der Waals surface area contributed by atoms with E-state index >= 15 is 0 Å². The zero-order chi connectivity index (χ0) is 14.8. The molecule has 2 rings (SSSR count). The van der Waals surface area contributed by atoms with Crippen molar-refractivity contribution in [3.8, 4) is 0 Å². The summed E-state index contributed by atoms with van der Waals surface area (Å²) in [6.45, 7) is 0.971. The van der Waals surface area contributed by atoms with Gasteiger partial charge in [-0.15, -0.1) is 0 Å². The third-order valence-corrected chi connectivity index (χ3v) is 5.78. The normalized spacial score (nSPS) is 17.6. The van der Waals surface area contributed by atoms with Crippen molar-refractivity contribution in [2.75, 3.05) is 13.1 Å². The lowest BCUT2D eigenvalue weighted by atomic mass is 10.2. The number of primary amides is 1. The van der Waals surface area contributed by atoms with Gasteiger partial charge in [0.2, 0.25) is 15.9 Å². The van der Waals surface area contributed by atoms with Crippen LogP contribution < -0.4 is 5.73 Å². The van der Waals surface area contributed by atoms with Gasteiger partial charge in [-0.2, -0.15) is 4.31 Å². The molecule has 1 aliphatic rings. The largest absolute Gasteiger partial charge is 0.366 e. The van der Waals surface area contributed by atoms with Crippen LogP contribution in [0.1, 0.15) is 36.0 Å². The molecule has 1 fully saturated rings. The summed E-state index contributed by atoms with van der Waals surface area (Å²) in [5.41, 5.74) is 5.33. The molecule has 0 bridgehead atoms. The lowest BCUT2D eigenvalue weighted by molar-refractivity contribution is 0.1000. The first-order valence-corrected chi connectivity index (χ1v) is 8.34. The van der Waals surface area contributed by atoms with Crippen molar-refractivity contribution in [2.45, 2.75) is 30.6 Å². The minimum atomic E-state index is -3.68. The van der Waals surface area contributed by atoms with E-state index in [9.17, 15) is 13.2 Å². The van der Waals surface area contributed by atoms with Crippen LogP contribution in [0.25, 0.3) is 0 Å². The molecular weight excluding hydrogens is 300 g/mol. The number of sulfonamides is 1. The van der Waals surface area contributed by atoms with Crippen LogP contribution in [0.15, 0.2) is 23.1 Å². The van der Waals surface area contributed by atoms with E-state index in [-0.39, 0.29) is 15.5 Å². The molecule has 2 N–H and O–H groups in total. The summed E-state index contributed by atoms with van der Waals surface area (Å²) in [6, 6.07) is 4.07. The summed E-state index contributed by atoms with van der Waals surface area (Å²) in [5, 5.41) is 0.110. The molecule has 1 heterocycles. The van der Waals surface area contributed by atoms with Crippen LogP contribution in [0.3, 0.4) is 0 Å². The predicted octanol–water partition coefficient (Wildman–Crippen LogP) is 2.00. The second kappa shape index (κ2) is 6.11. The molecule has 0 radical (unpaired) electrons. The Bertz CT molecular complexity index is 608. The molecule has 1 aliphatic heterocycles. The lowest BCUT2D eigenvalue weighted by Gasteiger charge is -2.20. The number of benzene rings is 1. The summed E-state index contributed by atoms with van der Waals surface area (Å²) in [5.74, 6) is -0.672. The van der Waals surface area contributed by atoms with Crippen molar-refractivity contribution in [2.24, 2.45) is 5.73 Å². The SMILES string of the molecule is NC(=O)c1ccc(Cl)c(S(=O)(=O)N2CCCCCC2)c1. The van der Waals surface area contributed by atoms with Gasteiger partial charge in [0.1, 0.15) is 4.90 Å². The van der Waals surface area contributed by atoms with Crippen LogP contribution >= 0.6 is 11.6 Å². The Morgan fingerprint density at radius 3 is 2.30 bits per heavy atom. The van der Waals surface area contributed by atoms with Crippen LogP contribution in [0, 0.1) is 0 Å². The second-order valence-electron chi connectivity index (χ2n) is 4.83. The van der Waals surface area contributed by atoms with E-state index < -0.39 is 15.9 Å². The first-order valence-electron chi connectivity index (χ1n) is 6.52. The molecule has 0 aliphatic carbocycles. The lowest BCUT2D eigenvalue weighted by Crippen LogP contribution is -2.32. The van der Waals surface area contributed by atoms with Gasteiger partial charge in [-0.3, -0.25) is 4.79 Å². The maximum absolute atomic E-state index is 12.6. The van der Waals surface area contributed by atoms with Crippen LogP contribution in [0.4, 0.5) is 0 Å². The average molecular weight is 317 g/mol. The fourth-order valence-corrected chi connectivity index (χ4v) is 4.29. The topological polar surface area (TPSA) is 80.5 Å². The first kappa shape index (κ1) is 15.3. The molecule has 7 heteroatoms. The Hall–Kier alpha value is -1.11. The minimum Gasteiger partial charge on any atom is -0.366 e. The molecule has 1 amide bonds. The van der Waals surface area contributed by atoms with Crippen LogP contribution in [0.2, 0.25) is 5.02 Å². The first-order chi connectivity index (χ1) is 9.43. The van der Waals surface area contributed by atoms with Gasteiger partial charge >= 0.3 is 0 Å². The molecule has 1 saturated heterocycles. The zero-order valence-electron chi connectivity index (χ0n) is 11.0. The molecular formula is C13H17ClN2O3S. The summed E-state index contributed by atoms with van der Waals surface area (Å²) >= 11 is 5.99. The van der Waals surface area contributed by atoms with Gasteiger partial charge in [0.25, 0.3) is 0 Å². The van der Waals surface area contributed by atoms with Gasteiger partial charge < -0.3 is 5.73 Å². The predicted molar refractivity (Wildman–Crippen MR) is 77.2 cm³/mol. The Labute approximate surface area is 123 Å². The Morgan fingerprint density at radius 1 is 1.15 bits per heavy atom. The molecule has 20 heavy (non-hydrogen) atoms. The number of halogens is 1. The number of hydrogen-bond acceptors (Lipinski definition) is 3. The van der Waals surface area contributed by atoms with Crippen molar-refractivity contribution in [3.05, 3.63) is 28.8 Å². The smallest absolute Gasteiger partial charge is 0.248 e. The third-order valence-electron chi connectivity index (χ3n) is 3.40. The van der Waals surface area contributed by atoms with Gasteiger partial charge in [0.05, 0.1) is 5.02 Å². The standard InChI is InChI=1S/C13H17ClN2O3S/c14-11-6-5-10(13(15)17)9-12(11)20(18,19)16-7-3-1-2-4-8-16/h5-6,9H,1-4,7-8H2,(H2,15,17). The molecule has 1 aromatic carbocycles. The van der Waals surface area contributed by atoms with Crippen molar-refractivity contribution in [3.63, 3.8) is 0 Å². The molecule has 0 saturated carbocycles. The van der Waals surface area contributed by atoms with Gasteiger partial charge in [0.15, 0.2) is 0 Å². The van der Waals surface area contributed by atoms with Gasteiger partial charge in [-0.05, 0) is 31.0 Å². The van der Waals surface area contributed by atoms with Gasteiger partial charge in [-0.1, -0.05) is 24.4 Å². The number of rotatable bonds is 3. The summed E-state index contributed by atoms with van der Waals surface area (Å²) < 4.78 is 26.7. The maximum Gasteiger partial charge on any atom is 0.248 e. The highest BCUT2D eigenvalue weighted by atomic mass is 35.5. The third kappa shape index (κ3) is 3.13. The number of amides is 1. The van der Waals surface area contributed by atoms with Crippen LogP contribution in [-0.2, 0) is 10.0 Å². The van der Waals surface area contributed by atoms with Crippen LogP contribution in [-0.4, -0.2) is 31.7 Å². The number of hydrogen-bond donors (Lipinski definition) is 1. The van der Waals surface area contributed by atoms with E-state index in [0.717, 1.165) is 25.7 Å². The fourth-order valence-electron chi connectivity index (χ4n) is 2.28. The monoisotopic (exact) mass is 316 g/mol. The Morgan fingerprint density at radius 2 is 1.75 bits per heavy atom. The molecule has 110 valence electrons. The van der Waals surface area contributed by atoms with Crippen molar-refractivity contribution < 1.29 is 13.2 Å². The highest BCUT2D eigenvalue weighted by Crippen LogP contribution is 2.27. The quantitative estimate of drug-likeness (QED) is 0.926. The molecule has 0 aromatic heterocycles. The van der Waals surface area contributed by atoms with Crippen molar-refractivity contribution in [1.82, 2.24) is 4.31 Å². The Kier molecular flexibility index (Phi) is 4.67. The molecule has 0 spiro atoms. The van der Waals surface area contributed by atoms with Gasteiger partial charge in [-0.25, -0.2) is 8.42 Å². The van der Waals surface area contributed by atoms with Crippen molar-refractivity contribution in [1.29, 1.82) is 0 Å². The van der Waals surface area contributed by atoms with Crippen LogP contribution in [0.5, 0.6) is 0 Å². The number of carbonyl (C=O) groups is 1. The highest BCUT2D eigenvalue weighted by molar-refractivity contribution is 7.89. The minimum absolute atomic E-state index is 0.0441. The molecule has 1 aromatic rings.